The van der Waals surface area contributed by atoms with Crippen molar-refractivity contribution >= 4 is 11.7 Å². The fourth-order valence-electron chi connectivity index (χ4n) is 2.00. The second-order valence-corrected chi connectivity index (χ2v) is 5.03. The highest BCUT2D eigenvalue weighted by atomic mass is 16.5. The third-order valence-corrected chi connectivity index (χ3v) is 3.22. The molecule has 0 spiro atoms. The van der Waals surface area contributed by atoms with E-state index in [9.17, 15) is 4.79 Å². The highest BCUT2D eigenvalue weighted by Gasteiger charge is 2.19. The molecular weight excluding hydrogens is 296 g/mol. The molecule has 1 N–H and O–H groups in total. The van der Waals surface area contributed by atoms with Gasteiger partial charge in [0.05, 0.1) is 5.69 Å². The Morgan fingerprint density at radius 3 is 2.78 bits per heavy atom. The predicted molar refractivity (Wildman–Crippen MR) is 83.5 cm³/mol. The Kier molecular flexibility index (Phi) is 4.09. The maximum absolute atomic E-state index is 12.1. The molecule has 0 aliphatic heterocycles. The predicted octanol–water partition coefficient (Wildman–Crippen LogP) is 2.57. The van der Waals surface area contributed by atoms with Crippen LogP contribution in [0.15, 0.2) is 53.4 Å². The first-order valence-electron chi connectivity index (χ1n) is 7.13. The van der Waals surface area contributed by atoms with E-state index in [1.54, 1.807) is 17.7 Å². The average Bonchev–Trinajstić information content (AvgIpc) is 3.18. The van der Waals surface area contributed by atoms with Crippen molar-refractivity contribution in [2.24, 2.45) is 0 Å². The summed E-state index contributed by atoms with van der Waals surface area (Å²) in [6.45, 7) is 3.53. The number of ether oxygens (including phenoxy) is 1. The molecule has 7 heteroatoms. The van der Waals surface area contributed by atoms with Crippen LogP contribution in [0.1, 0.15) is 12.5 Å². The van der Waals surface area contributed by atoms with Gasteiger partial charge in [-0.25, -0.2) is 4.68 Å². The van der Waals surface area contributed by atoms with Crippen LogP contribution in [0.25, 0.3) is 5.69 Å². The number of aryl methyl sites for hydroxylation is 1. The first-order valence-corrected chi connectivity index (χ1v) is 7.13. The van der Waals surface area contributed by atoms with Crippen molar-refractivity contribution in [3.8, 4) is 11.6 Å². The number of benzene rings is 1. The first kappa shape index (κ1) is 14.8. The molecule has 3 rings (SSSR count). The monoisotopic (exact) mass is 312 g/mol. The van der Waals surface area contributed by atoms with Crippen LogP contribution in [-0.2, 0) is 4.79 Å². The summed E-state index contributed by atoms with van der Waals surface area (Å²) in [5, 5.41) is 10.6. The largest absolute Gasteiger partial charge is 0.463 e. The van der Waals surface area contributed by atoms with Crippen LogP contribution in [0.2, 0.25) is 0 Å². The van der Waals surface area contributed by atoms with E-state index in [2.05, 4.69) is 20.1 Å². The van der Waals surface area contributed by atoms with E-state index in [4.69, 9.17) is 4.74 Å². The molecule has 0 bridgehead atoms. The molecule has 1 aromatic carbocycles. The second kappa shape index (κ2) is 6.35. The molecule has 118 valence electrons. The Bertz CT molecular complexity index is 781. The Morgan fingerprint density at radius 2 is 2.09 bits per heavy atom. The maximum atomic E-state index is 12.1. The van der Waals surface area contributed by atoms with Crippen molar-refractivity contribution in [3.05, 3.63) is 54.4 Å². The Labute approximate surface area is 132 Å². The van der Waals surface area contributed by atoms with Crippen molar-refractivity contribution in [1.29, 1.82) is 0 Å². The Morgan fingerprint density at radius 1 is 1.30 bits per heavy atom. The standard InChI is InChI=1S/C16H16N4O3/c1-11-10-20(13-6-4-3-5-7-13)18-16(11)23-12(2)15(21)17-14-8-9-22-19-14/h3-10,12H,1-2H3,(H,17,19,21)/t12-/m0/s1. The smallest absolute Gasteiger partial charge is 0.266 e. The number of hydrogen-bond acceptors (Lipinski definition) is 5. The summed E-state index contributed by atoms with van der Waals surface area (Å²) in [4.78, 5) is 12.1. The van der Waals surface area contributed by atoms with Gasteiger partial charge in [-0.2, -0.15) is 0 Å². The summed E-state index contributed by atoms with van der Waals surface area (Å²) in [6.07, 6.45) is 2.52. The molecule has 3 aromatic rings. The van der Waals surface area contributed by atoms with E-state index in [0.29, 0.717) is 11.7 Å². The third kappa shape index (κ3) is 3.39. The Hall–Kier alpha value is -3.09. The topological polar surface area (TPSA) is 82.2 Å². The molecule has 23 heavy (non-hydrogen) atoms. The van der Waals surface area contributed by atoms with Gasteiger partial charge in [0.1, 0.15) is 6.26 Å². The molecule has 1 atom stereocenters. The van der Waals surface area contributed by atoms with Gasteiger partial charge in [0.25, 0.3) is 5.91 Å². The second-order valence-electron chi connectivity index (χ2n) is 5.03. The van der Waals surface area contributed by atoms with Gasteiger partial charge in [-0.3, -0.25) is 4.79 Å². The molecule has 7 nitrogen and oxygen atoms in total. The van der Waals surface area contributed by atoms with Crippen molar-refractivity contribution in [3.63, 3.8) is 0 Å². The highest BCUT2D eigenvalue weighted by Crippen LogP contribution is 2.19. The van der Waals surface area contributed by atoms with Crippen LogP contribution < -0.4 is 10.1 Å². The minimum atomic E-state index is -0.718. The summed E-state index contributed by atoms with van der Waals surface area (Å²) < 4.78 is 12.0. The normalized spacial score (nSPS) is 11.9. The number of rotatable bonds is 5. The molecule has 0 saturated heterocycles. The van der Waals surface area contributed by atoms with Gasteiger partial charge in [-0.1, -0.05) is 23.4 Å². The van der Waals surface area contributed by atoms with Crippen LogP contribution in [0.4, 0.5) is 5.82 Å². The SMILES string of the molecule is Cc1cn(-c2ccccc2)nc1O[C@@H](C)C(=O)Nc1ccon1. The van der Waals surface area contributed by atoms with E-state index in [1.165, 1.54) is 6.26 Å². The molecule has 0 aliphatic rings. The van der Waals surface area contributed by atoms with E-state index in [1.807, 2.05) is 43.5 Å². The summed E-state index contributed by atoms with van der Waals surface area (Å²) in [7, 11) is 0. The van der Waals surface area contributed by atoms with Gasteiger partial charge in [-0.15, -0.1) is 5.10 Å². The molecule has 0 unspecified atom stereocenters. The van der Waals surface area contributed by atoms with Crippen LogP contribution in [-0.4, -0.2) is 26.9 Å². The molecule has 0 fully saturated rings. The fourth-order valence-corrected chi connectivity index (χ4v) is 2.00. The van der Waals surface area contributed by atoms with Gasteiger partial charge >= 0.3 is 0 Å². The lowest BCUT2D eigenvalue weighted by atomic mass is 10.3. The van der Waals surface area contributed by atoms with Crippen molar-refractivity contribution < 1.29 is 14.1 Å². The average molecular weight is 312 g/mol. The van der Waals surface area contributed by atoms with Crippen molar-refractivity contribution in [1.82, 2.24) is 14.9 Å². The number of anilines is 1. The van der Waals surface area contributed by atoms with Crippen LogP contribution >= 0.6 is 0 Å². The van der Waals surface area contributed by atoms with Crippen molar-refractivity contribution in [2.75, 3.05) is 5.32 Å². The van der Waals surface area contributed by atoms with E-state index in [0.717, 1.165) is 11.3 Å². The summed E-state index contributed by atoms with van der Waals surface area (Å²) in [5.41, 5.74) is 1.76. The molecule has 2 aromatic heterocycles. The number of nitrogens with one attached hydrogen (secondary N) is 1. The lowest BCUT2D eigenvalue weighted by Gasteiger charge is -2.12. The number of hydrogen-bond donors (Lipinski definition) is 1. The molecule has 0 aliphatic carbocycles. The van der Waals surface area contributed by atoms with E-state index >= 15 is 0 Å². The van der Waals surface area contributed by atoms with Gasteiger partial charge in [-0.05, 0) is 26.0 Å². The van der Waals surface area contributed by atoms with Crippen LogP contribution in [0.5, 0.6) is 5.88 Å². The van der Waals surface area contributed by atoms with E-state index in [-0.39, 0.29) is 5.91 Å². The molecule has 0 saturated carbocycles. The fraction of sp³-hybridized carbons (Fsp3) is 0.188. The van der Waals surface area contributed by atoms with Gasteiger partial charge in [0.2, 0.25) is 5.88 Å². The number of nitrogens with zero attached hydrogens (tertiary/aromatic N) is 3. The molecular formula is C16H16N4O3. The summed E-state index contributed by atoms with van der Waals surface area (Å²) >= 11 is 0. The number of para-hydroxylation sites is 1. The summed E-state index contributed by atoms with van der Waals surface area (Å²) in [6, 6.07) is 11.2. The zero-order valence-electron chi connectivity index (χ0n) is 12.8. The number of carbonyl (C=O) groups is 1. The Balaban J connectivity index is 1.70. The quantitative estimate of drug-likeness (QED) is 0.783. The lowest BCUT2D eigenvalue weighted by Crippen LogP contribution is -2.30. The summed E-state index contributed by atoms with van der Waals surface area (Å²) in [5.74, 6) is 0.432. The number of amides is 1. The van der Waals surface area contributed by atoms with Crippen LogP contribution in [0.3, 0.4) is 0 Å². The third-order valence-electron chi connectivity index (χ3n) is 3.22. The number of carbonyl (C=O) groups excluding carboxylic acids is 1. The first-order chi connectivity index (χ1) is 11.1. The minimum Gasteiger partial charge on any atom is -0.463 e. The van der Waals surface area contributed by atoms with Gasteiger partial charge in [0.15, 0.2) is 11.9 Å². The van der Waals surface area contributed by atoms with E-state index < -0.39 is 6.10 Å². The highest BCUT2D eigenvalue weighted by molar-refractivity contribution is 5.93. The van der Waals surface area contributed by atoms with Gasteiger partial charge < -0.3 is 14.6 Å². The lowest BCUT2D eigenvalue weighted by molar-refractivity contribution is -0.122. The molecule has 2 heterocycles. The minimum absolute atomic E-state index is 0.326. The van der Waals surface area contributed by atoms with Gasteiger partial charge in [0, 0.05) is 17.8 Å². The maximum Gasteiger partial charge on any atom is 0.266 e. The zero-order valence-corrected chi connectivity index (χ0v) is 12.8. The molecule has 1 amide bonds. The molecule has 0 radical (unpaired) electrons. The number of aromatic nitrogens is 3. The van der Waals surface area contributed by atoms with Crippen LogP contribution in [0, 0.1) is 6.92 Å². The van der Waals surface area contributed by atoms with Crippen molar-refractivity contribution in [2.45, 2.75) is 20.0 Å². The zero-order chi connectivity index (χ0) is 16.2.